The van der Waals surface area contributed by atoms with Gasteiger partial charge in [0, 0.05) is 20.6 Å². The molecule has 7 heavy (non-hydrogen) atoms. The number of ether oxygens (including phenoxy) is 2. The van der Waals surface area contributed by atoms with Crippen LogP contribution in [-0.4, -0.2) is 26.4 Å². The maximum Gasteiger partial charge on any atom is 0.0859 e. The fourth-order valence-electron chi connectivity index (χ4n) is 0.646. The SMILES string of the molecule is CO[C@@H]1C[C@H]1OC. The molecule has 2 nitrogen and oxygen atoms in total. The van der Waals surface area contributed by atoms with Crippen LogP contribution in [0.5, 0.6) is 0 Å². The van der Waals surface area contributed by atoms with Crippen LogP contribution in [0.4, 0.5) is 0 Å². The second-order valence-corrected chi connectivity index (χ2v) is 1.78. The normalized spacial score (nSPS) is 38.6. The van der Waals surface area contributed by atoms with Gasteiger partial charge in [-0.3, -0.25) is 0 Å². The maximum absolute atomic E-state index is 4.94. The third-order valence-electron chi connectivity index (χ3n) is 1.28. The lowest BCUT2D eigenvalue weighted by Crippen LogP contribution is -1.96. The highest BCUT2D eigenvalue weighted by Crippen LogP contribution is 2.26. The first-order valence-corrected chi connectivity index (χ1v) is 2.44. The van der Waals surface area contributed by atoms with E-state index in [4.69, 9.17) is 9.47 Å². The first kappa shape index (κ1) is 5.06. The molecule has 0 N–H and O–H groups in total. The van der Waals surface area contributed by atoms with Gasteiger partial charge in [-0.15, -0.1) is 0 Å². The first-order valence-electron chi connectivity index (χ1n) is 2.44. The van der Waals surface area contributed by atoms with Gasteiger partial charge in [-0.05, 0) is 0 Å². The molecule has 0 amide bonds. The summed E-state index contributed by atoms with van der Waals surface area (Å²) < 4.78 is 9.88. The minimum atomic E-state index is 0.394. The van der Waals surface area contributed by atoms with E-state index in [0.717, 1.165) is 6.42 Å². The van der Waals surface area contributed by atoms with E-state index in [1.165, 1.54) is 0 Å². The summed E-state index contributed by atoms with van der Waals surface area (Å²) in [7, 11) is 3.42. The Balaban J connectivity index is 2.06. The Labute approximate surface area is 43.4 Å². The Kier molecular flexibility index (Phi) is 1.30. The zero-order valence-electron chi connectivity index (χ0n) is 4.68. The van der Waals surface area contributed by atoms with Gasteiger partial charge in [0.05, 0.1) is 12.2 Å². The van der Waals surface area contributed by atoms with Crippen molar-refractivity contribution in [3.05, 3.63) is 0 Å². The van der Waals surface area contributed by atoms with Crippen molar-refractivity contribution in [3.63, 3.8) is 0 Å². The number of hydrogen-bond donors (Lipinski definition) is 0. The van der Waals surface area contributed by atoms with Crippen molar-refractivity contribution in [3.8, 4) is 0 Å². The zero-order chi connectivity index (χ0) is 5.28. The molecule has 0 spiro atoms. The lowest BCUT2D eigenvalue weighted by Gasteiger charge is -1.90. The van der Waals surface area contributed by atoms with Gasteiger partial charge in [0.15, 0.2) is 0 Å². The second kappa shape index (κ2) is 1.80. The lowest BCUT2D eigenvalue weighted by molar-refractivity contribution is 0.0972. The number of methoxy groups -OCH3 is 2. The molecule has 2 atom stereocenters. The molecule has 0 aromatic rings. The summed E-state index contributed by atoms with van der Waals surface area (Å²) in [6, 6.07) is 0. The van der Waals surface area contributed by atoms with Gasteiger partial charge in [0.1, 0.15) is 0 Å². The predicted molar refractivity (Wildman–Crippen MR) is 26.2 cm³/mol. The van der Waals surface area contributed by atoms with Crippen LogP contribution < -0.4 is 0 Å². The van der Waals surface area contributed by atoms with Crippen molar-refractivity contribution >= 4 is 0 Å². The molecule has 0 bridgehead atoms. The van der Waals surface area contributed by atoms with Crippen molar-refractivity contribution in [2.75, 3.05) is 14.2 Å². The van der Waals surface area contributed by atoms with Crippen LogP contribution in [0.3, 0.4) is 0 Å². The van der Waals surface area contributed by atoms with E-state index >= 15 is 0 Å². The van der Waals surface area contributed by atoms with Crippen LogP contribution in [0, 0.1) is 0 Å². The van der Waals surface area contributed by atoms with Gasteiger partial charge < -0.3 is 9.47 Å². The molecule has 2 heteroatoms. The fourth-order valence-corrected chi connectivity index (χ4v) is 0.646. The molecule has 1 rings (SSSR count). The number of hydrogen-bond acceptors (Lipinski definition) is 2. The van der Waals surface area contributed by atoms with Crippen LogP contribution in [0.15, 0.2) is 0 Å². The Hall–Kier alpha value is -0.0800. The lowest BCUT2D eigenvalue weighted by atomic mass is 10.8. The van der Waals surface area contributed by atoms with E-state index in [1.54, 1.807) is 14.2 Å². The van der Waals surface area contributed by atoms with Gasteiger partial charge in [-0.25, -0.2) is 0 Å². The van der Waals surface area contributed by atoms with Gasteiger partial charge in [0.2, 0.25) is 0 Å². The fraction of sp³-hybridized carbons (Fsp3) is 1.00. The molecule has 1 aliphatic rings. The van der Waals surface area contributed by atoms with Gasteiger partial charge >= 0.3 is 0 Å². The monoisotopic (exact) mass is 102 g/mol. The molecule has 0 unspecified atom stereocenters. The summed E-state index contributed by atoms with van der Waals surface area (Å²) in [6.45, 7) is 0. The van der Waals surface area contributed by atoms with Crippen LogP contribution in [-0.2, 0) is 9.47 Å². The van der Waals surface area contributed by atoms with E-state index in [2.05, 4.69) is 0 Å². The van der Waals surface area contributed by atoms with Gasteiger partial charge in [0.25, 0.3) is 0 Å². The molecule has 1 aliphatic carbocycles. The molecular weight excluding hydrogens is 92.1 g/mol. The average molecular weight is 102 g/mol. The van der Waals surface area contributed by atoms with Crippen LogP contribution in [0.1, 0.15) is 6.42 Å². The highest BCUT2D eigenvalue weighted by Gasteiger charge is 2.37. The van der Waals surface area contributed by atoms with Crippen LogP contribution in [0.2, 0.25) is 0 Å². The predicted octanol–water partition coefficient (Wildman–Crippen LogP) is 0.420. The molecule has 0 aliphatic heterocycles. The number of rotatable bonds is 2. The van der Waals surface area contributed by atoms with Gasteiger partial charge in [-0.1, -0.05) is 0 Å². The highest BCUT2D eigenvalue weighted by atomic mass is 16.5. The summed E-state index contributed by atoms with van der Waals surface area (Å²) >= 11 is 0. The molecule has 0 radical (unpaired) electrons. The Morgan fingerprint density at radius 1 is 1.14 bits per heavy atom. The van der Waals surface area contributed by atoms with E-state index in [0.29, 0.717) is 12.2 Å². The zero-order valence-corrected chi connectivity index (χ0v) is 4.68. The molecule has 0 aromatic carbocycles. The Morgan fingerprint density at radius 2 is 1.57 bits per heavy atom. The quantitative estimate of drug-likeness (QED) is 0.503. The average Bonchev–Trinajstić information content (AvgIpc) is 2.43. The third-order valence-corrected chi connectivity index (χ3v) is 1.28. The molecule has 42 valence electrons. The minimum absolute atomic E-state index is 0.394. The van der Waals surface area contributed by atoms with Crippen molar-refractivity contribution in [2.24, 2.45) is 0 Å². The molecule has 0 heterocycles. The summed E-state index contributed by atoms with van der Waals surface area (Å²) in [6.07, 6.45) is 1.86. The smallest absolute Gasteiger partial charge is 0.0859 e. The standard InChI is InChI=1S/C5H10O2/c1-6-4-3-5(4)7-2/h4-5H,3H2,1-2H3/t4-,5-/m1/s1. The maximum atomic E-state index is 4.94. The van der Waals surface area contributed by atoms with Crippen LogP contribution >= 0.6 is 0 Å². The summed E-state index contributed by atoms with van der Waals surface area (Å²) in [5.74, 6) is 0. The van der Waals surface area contributed by atoms with E-state index in [9.17, 15) is 0 Å². The second-order valence-electron chi connectivity index (χ2n) is 1.78. The topological polar surface area (TPSA) is 18.5 Å². The third kappa shape index (κ3) is 0.924. The van der Waals surface area contributed by atoms with E-state index in [-0.39, 0.29) is 0 Å². The van der Waals surface area contributed by atoms with E-state index < -0.39 is 0 Å². The molecule has 0 saturated heterocycles. The molecule has 0 aromatic heterocycles. The van der Waals surface area contributed by atoms with Crippen molar-refractivity contribution < 1.29 is 9.47 Å². The summed E-state index contributed by atoms with van der Waals surface area (Å²) in [5.41, 5.74) is 0. The van der Waals surface area contributed by atoms with Crippen LogP contribution in [0.25, 0.3) is 0 Å². The van der Waals surface area contributed by atoms with Crippen molar-refractivity contribution in [1.82, 2.24) is 0 Å². The Bertz CT molecular complexity index is 55.1. The van der Waals surface area contributed by atoms with E-state index in [1.807, 2.05) is 0 Å². The Morgan fingerprint density at radius 3 is 1.71 bits per heavy atom. The van der Waals surface area contributed by atoms with Crippen molar-refractivity contribution in [1.29, 1.82) is 0 Å². The molecule has 1 fully saturated rings. The molecular formula is C5H10O2. The minimum Gasteiger partial charge on any atom is -0.379 e. The first-order chi connectivity index (χ1) is 3.38. The summed E-state index contributed by atoms with van der Waals surface area (Å²) in [4.78, 5) is 0. The van der Waals surface area contributed by atoms with Crippen molar-refractivity contribution in [2.45, 2.75) is 18.6 Å². The summed E-state index contributed by atoms with van der Waals surface area (Å²) in [5, 5.41) is 0. The largest absolute Gasteiger partial charge is 0.379 e. The highest BCUT2D eigenvalue weighted by molar-refractivity contribution is 4.88. The van der Waals surface area contributed by atoms with Gasteiger partial charge in [-0.2, -0.15) is 0 Å². The molecule has 1 saturated carbocycles.